The van der Waals surface area contributed by atoms with Gasteiger partial charge in [0.2, 0.25) is 0 Å². The molecule has 0 bridgehead atoms. The zero-order valence-corrected chi connectivity index (χ0v) is 11.8. The molecular formula is C12H18N2OS2. The smallest absolute Gasteiger partial charge is 0.264 e. The Bertz CT molecular complexity index is 384. The molecule has 1 aromatic rings. The molecule has 1 fully saturated rings. The highest BCUT2D eigenvalue weighted by molar-refractivity contribution is 7.80. The van der Waals surface area contributed by atoms with Gasteiger partial charge in [0, 0.05) is 36.5 Å². The van der Waals surface area contributed by atoms with E-state index >= 15 is 0 Å². The predicted octanol–water partition coefficient (Wildman–Crippen LogP) is 2.20. The Morgan fingerprint density at radius 3 is 2.65 bits per heavy atom. The van der Waals surface area contributed by atoms with Crippen LogP contribution in [0.1, 0.15) is 23.0 Å². The first-order valence-corrected chi connectivity index (χ1v) is 7.32. The minimum Gasteiger partial charge on any atom is -0.335 e. The van der Waals surface area contributed by atoms with E-state index in [1.165, 1.54) is 17.8 Å². The maximum absolute atomic E-state index is 12.2. The van der Waals surface area contributed by atoms with Crippen LogP contribution < -0.4 is 0 Å². The third-order valence-electron chi connectivity index (χ3n) is 3.00. The summed E-state index contributed by atoms with van der Waals surface area (Å²) in [5.74, 6) is 0.159. The molecule has 1 aliphatic rings. The molecule has 0 unspecified atom stereocenters. The summed E-state index contributed by atoms with van der Waals surface area (Å²) in [4.78, 5) is 18.2. The van der Waals surface area contributed by atoms with Crippen LogP contribution in [-0.2, 0) is 0 Å². The van der Waals surface area contributed by atoms with Gasteiger partial charge in [0.25, 0.3) is 5.91 Å². The highest BCUT2D eigenvalue weighted by Crippen LogP contribution is 2.20. The van der Waals surface area contributed by atoms with Crippen molar-refractivity contribution < 1.29 is 4.79 Å². The molecule has 0 spiro atoms. The largest absolute Gasteiger partial charge is 0.335 e. The second-order valence-corrected chi connectivity index (χ2v) is 5.73. The van der Waals surface area contributed by atoms with Gasteiger partial charge in [-0.05, 0) is 19.0 Å². The van der Waals surface area contributed by atoms with Gasteiger partial charge >= 0.3 is 0 Å². The van der Waals surface area contributed by atoms with Crippen LogP contribution in [0.25, 0.3) is 0 Å². The van der Waals surface area contributed by atoms with Crippen LogP contribution in [0.2, 0.25) is 0 Å². The molecule has 94 valence electrons. The summed E-state index contributed by atoms with van der Waals surface area (Å²) in [5.41, 5.74) is 0. The van der Waals surface area contributed by atoms with Crippen LogP contribution in [0.15, 0.2) is 16.3 Å². The fraction of sp³-hybridized carbons (Fsp3) is 0.583. The molecule has 1 saturated heterocycles. The lowest BCUT2D eigenvalue weighted by atomic mass is 10.3. The van der Waals surface area contributed by atoms with E-state index in [0.29, 0.717) is 0 Å². The van der Waals surface area contributed by atoms with Crippen molar-refractivity contribution in [1.82, 2.24) is 9.80 Å². The topological polar surface area (TPSA) is 23.6 Å². The van der Waals surface area contributed by atoms with Gasteiger partial charge in [-0.25, -0.2) is 0 Å². The fourth-order valence-electron chi connectivity index (χ4n) is 2.08. The average Bonchev–Trinajstić information content (AvgIpc) is 2.76. The first kappa shape index (κ1) is 12.9. The standard InChI is InChI=1S/C12H18N2OS2/c1-2-3-13-4-6-14(7-5-13)12(15)11-8-10(16)9-17-11/h8-9,16H,2-7H2,1H3. The summed E-state index contributed by atoms with van der Waals surface area (Å²) in [7, 11) is 0. The number of nitrogens with zero attached hydrogens (tertiary/aromatic N) is 2. The molecule has 0 radical (unpaired) electrons. The zero-order valence-electron chi connectivity index (χ0n) is 10.1. The summed E-state index contributed by atoms with van der Waals surface area (Å²) < 4.78 is 0. The summed E-state index contributed by atoms with van der Waals surface area (Å²) in [6.45, 7) is 7.02. The van der Waals surface area contributed by atoms with Crippen molar-refractivity contribution in [2.24, 2.45) is 0 Å². The Morgan fingerprint density at radius 1 is 1.41 bits per heavy atom. The van der Waals surface area contributed by atoms with E-state index < -0.39 is 0 Å². The van der Waals surface area contributed by atoms with Gasteiger partial charge in [0.05, 0.1) is 4.88 Å². The van der Waals surface area contributed by atoms with Gasteiger partial charge in [0.1, 0.15) is 0 Å². The molecule has 1 amide bonds. The van der Waals surface area contributed by atoms with Crippen molar-refractivity contribution >= 4 is 29.9 Å². The summed E-state index contributed by atoms with van der Waals surface area (Å²) in [6, 6.07) is 1.86. The average molecular weight is 270 g/mol. The molecular weight excluding hydrogens is 252 g/mol. The van der Waals surface area contributed by atoms with E-state index in [-0.39, 0.29) is 5.91 Å². The minimum absolute atomic E-state index is 0.159. The molecule has 2 heterocycles. The van der Waals surface area contributed by atoms with Gasteiger partial charge in [-0.15, -0.1) is 24.0 Å². The predicted molar refractivity (Wildman–Crippen MR) is 74.2 cm³/mol. The number of hydrogen-bond acceptors (Lipinski definition) is 4. The lowest BCUT2D eigenvalue weighted by Gasteiger charge is -2.34. The van der Waals surface area contributed by atoms with Crippen LogP contribution >= 0.6 is 24.0 Å². The van der Waals surface area contributed by atoms with E-state index in [9.17, 15) is 4.79 Å². The second-order valence-electron chi connectivity index (χ2n) is 4.30. The van der Waals surface area contributed by atoms with Crippen LogP contribution in [0.4, 0.5) is 0 Å². The lowest BCUT2D eigenvalue weighted by molar-refractivity contribution is 0.0642. The van der Waals surface area contributed by atoms with Crippen molar-refractivity contribution in [2.45, 2.75) is 18.2 Å². The number of piperazine rings is 1. The number of carbonyl (C=O) groups excluding carboxylic acids is 1. The van der Waals surface area contributed by atoms with Crippen molar-refractivity contribution in [1.29, 1.82) is 0 Å². The quantitative estimate of drug-likeness (QED) is 0.851. The van der Waals surface area contributed by atoms with Crippen LogP contribution in [0.5, 0.6) is 0 Å². The second kappa shape index (κ2) is 5.89. The van der Waals surface area contributed by atoms with E-state index in [2.05, 4.69) is 24.5 Å². The molecule has 2 rings (SSSR count). The van der Waals surface area contributed by atoms with Gasteiger partial charge in [0.15, 0.2) is 0 Å². The molecule has 0 N–H and O–H groups in total. The Morgan fingerprint density at radius 2 is 2.12 bits per heavy atom. The molecule has 0 saturated carbocycles. The number of rotatable bonds is 3. The third-order valence-corrected chi connectivity index (χ3v) is 4.35. The molecule has 17 heavy (non-hydrogen) atoms. The van der Waals surface area contributed by atoms with E-state index in [1.807, 2.05) is 16.3 Å². The zero-order chi connectivity index (χ0) is 12.3. The normalized spacial score (nSPS) is 17.4. The number of hydrogen-bond donors (Lipinski definition) is 1. The highest BCUT2D eigenvalue weighted by atomic mass is 32.1. The molecule has 0 atom stereocenters. The van der Waals surface area contributed by atoms with Crippen molar-refractivity contribution in [3.05, 3.63) is 16.3 Å². The Labute approximate surface area is 112 Å². The fourth-order valence-corrected chi connectivity index (χ4v) is 3.20. The van der Waals surface area contributed by atoms with Gasteiger partial charge in [-0.1, -0.05) is 6.92 Å². The maximum atomic E-state index is 12.2. The van der Waals surface area contributed by atoms with Gasteiger partial charge in [-0.3, -0.25) is 9.69 Å². The third kappa shape index (κ3) is 3.24. The highest BCUT2D eigenvalue weighted by Gasteiger charge is 2.22. The van der Waals surface area contributed by atoms with E-state index in [1.54, 1.807) is 0 Å². The van der Waals surface area contributed by atoms with E-state index in [4.69, 9.17) is 0 Å². The SMILES string of the molecule is CCCN1CCN(C(=O)c2cc(S)cs2)CC1. The number of thiol groups is 1. The Hall–Kier alpha value is -0.520. The Kier molecular flexibility index (Phi) is 4.48. The van der Waals surface area contributed by atoms with Crippen molar-refractivity contribution in [3.8, 4) is 0 Å². The molecule has 1 aliphatic heterocycles. The van der Waals surface area contributed by atoms with Crippen LogP contribution in [0.3, 0.4) is 0 Å². The summed E-state index contributed by atoms with van der Waals surface area (Å²) in [6.07, 6.45) is 1.18. The monoisotopic (exact) mass is 270 g/mol. The molecule has 0 aliphatic carbocycles. The first-order chi connectivity index (χ1) is 8.20. The number of thiophene rings is 1. The van der Waals surface area contributed by atoms with Gasteiger partial charge < -0.3 is 4.90 Å². The number of amides is 1. The van der Waals surface area contributed by atoms with Crippen LogP contribution in [-0.4, -0.2) is 48.4 Å². The van der Waals surface area contributed by atoms with Gasteiger partial charge in [-0.2, -0.15) is 0 Å². The lowest BCUT2D eigenvalue weighted by Crippen LogP contribution is -2.48. The van der Waals surface area contributed by atoms with Crippen molar-refractivity contribution in [3.63, 3.8) is 0 Å². The molecule has 3 nitrogen and oxygen atoms in total. The van der Waals surface area contributed by atoms with E-state index in [0.717, 1.165) is 42.5 Å². The van der Waals surface area contributed by atoms with Crippen molar-refractivity contribution in [2.75, 3.05) is 32.7 Å². The summed E-state index contributed by atoms with van der Waals surface area (Å²) in [5, 5.41) is 1.91. The Balaban J connectivity index is 1.90. The number of carbonyl (C=O) groups is 1. The maximum Gasteiger partial charge on any atom is 0.264 e. The molecule has 5 heteroatoms. The summed E-state index contributed by atoms with van der Waals surface area (Å²) >= 11 is 5.72. The van der Waals surface area contributed by atoms with Crippen LogP contribution in [0, 0.1) is 0 Å². The molecule has 1 aromatic heterocycles. The molecule has 0 aromatic carbocycles. The minimum atomic E-state index is 0.159. The first-order valence-electron chi connectivity index (χ1n) is 6.00.